The third kappa shape index (κ3) is 2.93. The second-order valence-corrected chi connectivity index (χ2v) is 3.10. The number of esters is 1. The predicted octanol–water partition coefficient (Wildman–Crippen LogP) is 0.986. The Bertz CT molecular complexity index is 366. The van der Waals surface area contributed by atoms with Gasteiger partial charge in [0.15, 0.2) is 11.4 Å². The monoisotopic (exact) mass is 224 g/mol. The Labute approximate surface area is 94.8 Å². The Balaban J connectivity index is 3.05. The molecule has 0 spiro atoms. The first-order valence-electron chi connectivity index (χ1n) is 5.08. The van der Waals surface area contributed by atoms with Gasteiger partial charge in [-0.1, -0.05) is 0 Å². The van der Waals surface area contributed by atoms with Gasteiger partial charge < -0.3 is 14.8 Å². The van der Waals surface area contributed by atoms with Gasteiger partial charge in [0.05, 0.1) is 19.4 Å². The van der Waals surface area contributed by atoms with Gasteiger partial charge in [0, 0.05) is 6.54 Å². The summed E-state index contributed by atoms with van der Waals surface area (Å²) in [5.41, 5.74) is 0.989. The van der Waals surface area contributed by atoms with Gasteiger partial charge in [0.25, 0.3) is 0 Å². The first-order valence-corrected chi connectivity index (χ1v) is 5.08. The summed E-state index contributed by atoms with van der Waals surface area (Å²) in [4.78, 5) is 15.7. The summed E-state index contributed by atoms with van der Waals surface area (Å²) in [5.74, 6) is -0.0318. The Hall–Kier alpha value is -1.62. The molecule has 0 aliphatic rings. The lowest BCUT2D eigenvalue weighted by Crippen LogP contribution is -2.13. The lowest BCUT2D eigenvalue weighted by Gasteiger charge is -2.09. The zero-order valence-electron chi connectivity index (χ0n) is 9.74. The maximum absolute atomic E-state index is 11.5. The lowest BCUT2D eigenvalue weighted by molar-refractivity contribution is 0.0588. The number of methoxy groups -OCH3 is 1. The number of rotatable bonds is 5. The molecule has 1 N–H and O–H groups in total. The molecule has 0 aliphatic heterocycles. The minimum atomic E-state index is -0.485. The van der Waals surface area contributed by atoms with E-state index in [1.54, 1.807) is 6.07 Å². The predicted molar refractivity (Wildman–Crippen MR) is 59.5 cm³/mol. The summed E-state index contributed by atoms with van der Waals surface area (Å²) in [7, 11) is 3.14. The second kappa shape index (κ2) is 6.07. The van der Waals surface area contributed by atoms with E-state index in [1.165, 1.54) is 7.11 Å². The molecule has 0 saturated carbocycles. The average Bonchev–Trinajstić information content (AvgIpc) is 2.31. The van der Waals surface area contributed by atoms with E-state index in [2.05, 4.69) is 15.0 Å². The second-order valence-electron chi connectivity index (χ2n) is 3.10. The van der Waals surface area contributed by atoms with Crippen LogP contribution in [0.25, 0.3) is 0 Å². The zero-order chi connectivity index (χ0) is 12.0. The van der Waals surface area contributed by atoms with Crippen LogP contribution in [0.15, 0.2) is 12.1 Å². The summed E-state index contributed by atoms with van der Waals surface area (Å²) >= 11 is 0. The van der Waals surface area contributed by atoms with Gasteiger partial charge in [0.2, 0.25) is 0 Å². The molecule has 0 bridgehead atoms. The van der Waals surface area contributed by atoms with Crippen LogP contribution in [0.5, 0.6) is 5.75 Å². The molecule has 0 fully saturated rings. The molecular weight excluding hydrogens is 208 g/mol. The maximum Gasteiger partial charge on any atom is 0.360 e. The number of nitrogens with zero attached hydrogens (tertiary/aromatic N) is 1. The number of aromatic nitrogens is 1. The smallest absolute Gasteiger partial charge is 0.360 e. The number of nitrogens with one attached hydrogen (secondary N) is 1. The first kappa shape index (κ1) is 12.4. The van der Waals surface area contributed by atoms with Crippen molar-refractivity contribution in [1.82, 2.24) is 10.3 Å². The normalized spacial score (nSPS) is 9.94. The van der Waals surface area contributed by atoms with Crippen molar-refractivity contribution in [3.63, 3.8) is 0 Å². The molecular formula is C11H16N2O3. The molecule has 1 rings (SSSR count). The van der Waals surface area contributed by atoms with Crippen LogP contribution in [-0.2, 0) is 11.3 Å². The number of carbonyl (C=O) groups excluding carboxylic acids is 1. The van der Waals surface area contributed by atoms with Crippen molar-refractivity contribution in [3.8, 4) is 5.75 Å². The molecule has 0 amide bonds. The first-order chi connectivity index (χ1) is 7.72. The highest BCUT2D eigenvalue weighted by Gasteiger charge is 2.15. The molecule has 0 saturated heterocycles. The van der Waals surface area contributed by atoms with Gasteiger partial charge in [-0.25, -0.2) is 9.78 Å². The molecule has 1 aromatic heterocycles. The fraction of sp³-hybridized carbons (Fsp3) is 0.455. The Morgan fingerprint density at radius 2 is 2.25 bits per heavy atom. The van der Waals surface area contributed by atoms with E-state index >= 15 is 0 Å². The molecule has 0 aliphatic carbocycles. The molecule has 0 aromatic carbocycles. The van der Waals surface area contributed by atoms with Crippen molar-refractivity contribution >= 4 is 5.97 Å². The van der Waals surface area contributed by atoms with Crippen LogP contribution in [0.3, 0.4) is 0 Å². The largest absolute Gasteiger partial charge is 0.491 e. The van der Waals surface area contributed by atoms with Crippen molar-refractivity contribution in [2.45, 2.75) is 13.5 Å². The molecule has 16 heavy (non-hydrogen) atoms. The number of pyridine rings is 1. The highest BCUT2D eigenvalue weighted by atomic mass is 16.5. The van der Waals surface area contributed by atoms with Crippen LogP contribution in [0.4, 0.5) is 0 Å². The van der Waals surface area contributed by atoms with Crippen molar-refractivity contribution in [2.24, 2.45) is 0 Å². The molecule has 0 atom stereocenters. The van der Waals surface area contributed by atoms with Gasteiger partial charge >= 0.3 is 5.97 Å². The van der Waals surface area contributed by atoms with Gasteiger partial charge in [-0.05, 0) is 26.1 Å². The average molecular weight is 224 g/mol. The van der Waals surface area contributed by atoms with E-state index in [4.69, 9.17) is 4.74 Å². The van der Waals surface area contributed by atoms with E-state index in [1.807, 2.05) is 20.0 Å². The standard InChI is InChI=1S/C11H16N2O3/c1-4-16-9-6-5-8(7-12-2)13-10(9)11(14)15-3/h5-6,12H,4,7H2,1-3H3. The fourth-order valence-corrected chi connectivity index (χ4v) is 1.28. The molecule has 1 aromatic rings. The lowest BCUT2D eigenvalue weighted by atomic mass is 10.2. The summed E-state index contributed by atoms with van der Waals surface area (Å²) in [6, 6.07) is 3.54. The van der Waals surface area contributed by atoms with Crippen LogP contribution in [0.1, 0.15) is 23.1 Å². The Morgan fingerprint density at radius 3 is 2.81 bits per heavy atom. The topological polar surface area (TPSA) is 60.5 Å². The van der Waals surface area contributed by atoms with Crippen molar-refractivity contribution in [1.29, 1.82) is 0 Å². The number of hydrogen-bond donors (Lipinski definition) is 1. The van der Waals surface area contributed by atoms with Crippen LogP contribution in [0, 0.1) is 0 Å². The van der Waals surface area contributed by atoms with Crippen molar-refractivity contribution in [2.75, 3.05) is 20.8 Å². The molecule has 5 heteroatoms. The molecule has 88 valence electrons. The van der Waals surface area contributed by atoms with Crippen LogP contribution in [-0.4, -0.2) is 31.7 Å². The van der Waals surface area contributed by atoms with Gasteiger partial charge in [0.1, 0.15) is 0 Å². The summed E-state index contributed by atoms with van der Waals surface area (Å²) < 4.78 is 9.96. The number of hydrogen-bond acceptors (Lipinski definition) is 5. The van der Waals surface area contributed by atoms with Crippen molar-refractivity contribution < 1.29 is 14.3 Å². The molecule has 1 heterocycles. The van der Waals surface area contributed by atoms with Crippen LogP contribution >= 0.6 is 0 Å². The van der Waals surface area contributed by atoms with Gasteiger partial charge in [-0.2, -0.15) is 0 Å². The Morgan fingerprint density at radius 1 is 1.50 bits per heavy atom. The quantitative estimate of drug-likeness (QED) is 0.756. The van der Waals surface area contributed by atoms with Gasteiger partial charge in [-0.15, -0.1) is 0 Å². The number of carbonyl (C=O) groups is 1. The van der Waals surface area contributed by atoms with Crippen molar-refractivity contribution in [3.05, 3.63) is 23.5 Å². The molecule has 5 nitrogen and oxygen atoms in total. The summed E-state index contributed by atoms with van der Waals surface area (Å²) in [6.07, 6.45) is 0. The number of ether oxygens (including phenoxy) is 2. The SMILES string of the molecule is CCOc1ccc(CNC)nc1C(=O)OC. The third-order valence-electron chi connectivity index (χ3n) is 1.95. The summed E-state index contributed by atoms with van der Waals surface area (Å²) in [6.45, 7) is 2.93. The minimum Gasteiger partial charge on any atom is -0.491 e. The van der Waals surface area contributed by atoms with Gasteiger partial charge in [-0.3, -0.25) is 0 Å². The maximum atomic E-state index is 11.5. The van der Waals surface area contributed by atoms with E-state index < -0.39 is 5.97 Å². The highest BCUT2D eigenvalue weighted by molar-refractivity contribution is 5.90. The van der Waals surface area contributed by atoms with E-state index in [-0.39, 0.29) is 5.69 Å². The van der Waals surface area contributed by atoms with Crippen LogP contribution < -0.4 is 10.1 Å². The molecule has 0 radical (unpaired) electrons. The van der Waals surface area contributed by atoms with E-state index in [0.717, 1.165) is 5.69 Å². The highest BCUT2D eigenvalue weighted by Crippen LogP contribution is 2.17. The van der Waals surface area contributed by atoms with E-state index in [0.29, 0.717) is 18.9 Å². The zero-order valence-corrected chi connectivity index (χ0v) is 9.74. The molecule has 0 unspecified atom stereocenters. The Kier molecular flexibility index (Phi) is 4.72. The van der Waals surface area contributed by atoms with E-state index in [9.17, 15) is 4.79 Å². The summed E-state index contributed by atoms with van der Waals surface area (Å²) in [5, 5.41) is 2.96. The van der Waals surface area contributed by atoms with Crippen LogP contribution in [0.2, 0.25) is 0 Å². The minimum absolute atomic E-state index is 0.220. The third-order valence-corrected chi connectivity index (χ3v) is 1.95. The fourth-order valence-electron chi connectivity index (χ4n) is 1.28.